The molecule has 0 saturated carbocycles. The number of carbonyl (C=O) groups excluding carboxylic acids is 1. The van der Waals surface area contributed by atoms with Crippen molar-refractivity contribution >= 4 is 45.2 Å². The number of allylic oxidation sites excluding steroid dienone is 1. The Labute approximate surface area is 167 Å². The Balaban J connectivity index is 1.81. The van der Waals surface area contributed by atoms with Crippen LogP contribution >= 0.6 is 22.7 Å². The molecule has 7 nitrogen and oxygen atoms in total. The summed E-state index contributed by atoms with van der Waals surface area (Å²) in [6, 6.07) is 8.17. The molecule has 0 spiro atoms. The predicted molar refractivity (Wildman–Crippen MR) is 109 cm³/mol. The molecule has 1 aromatic carbocycles. The zero-order chi connectivity index (χ0) is 19.7. The van der Waals surface area contributed by atoms with E-state index in [0.717, 1.165) is 0 Å². The summed E-state index contributed by atoms with van der Waals surface area (Å²) >= 11 is 2.79. The minimum absolute atomic E-state index is 0.118. The predicted octanol–water partition coefficient (Wildman–Crippen LogP) is 4.42. The summed E-state index contributed by atoms with van der Waals surface area (Å²) in [7, 11) is 0. The number of hydrogen-bond acceptors (Lipinski definition) is 7. The standard InChI is InChI=1S/C19H13N3O4S2/c23-11-13-4-3-12(10-15(13)22(25)26)18-14(21-7-9-28-19(21)20-18)5-6-16(24)17-2-1-8-27-17/h1-10,23H,11H2/b6-5+. The molecule has 0 fully saturated rings. The molecule has 4 rings (SSSR count). The first-order valence-electron chi connectivity index (χ1n) is 8.18. The van der Waals surface area contributed by atoms with E-state index in [1.54, 1.807) is 18.2 Å². The summed E-state index contributed by atoms with van der Waals surface area (Å²) in [6.45, 7) is -0.420. The number of aromatic nitrogens is 2. The number of hydrogen-bond donors (Lipinski definition) is 1. The van der Waals surface area contributed by atoms with Crippen LogP contribution in [0.1, 0.15) is 20.9 Å². The molecule has 0 amide bonds. The summed E-state index contributed by atoms with van der Waals surface area (Å²) in [5.41, 5.74) is 1.81. The Hall–Kier alpha value is -3.14. The number of nitrogens with zero attached hydrogens (tertiary/aromatic N) is 3. The molecule has 0 bridgehead atoms. The summed E-state index contributed by atoms with van der Waals surface area (Å²) < 4.78 is 1.84. The number of ketones is 1. The smallest absolute Gasteiger partial charge is 0.275 e. The first-order valence-corrected chi connectivity index (χ1v) is 9.94. The monoisotopic (exact) mass is 411 g/mol. The summed E-state index contributed by atoms with van der Waals surface area (Å²) in [5.74, 6) is -0.118. The zero-order valence-electron chi connectivity index (χ0n) is 14.3. The van der Waals surface area contributed by atoms with Crippen molar-refractivity contribution in [3.05, 3.63) is 79.6 Å². The number of carbonyl (C=O) groups is 1. The minimum Gasteiger partial charge on any atom is -0.391 e. The van der Waals surface area contributed by atoms with Gasteiger partial charge in [-0.2, -0.15) is 0 Å². The average Bonchev–Trinajstić information content (AvgIpc) is 3.43. The number of nitro groups is 1. The molecule has 1 N–H and O–H groups in total. The number of benzene rings is 1. The third-order valence-electron chi connectivity index (χ3n) is 4.18. The third-order valence-corrected chi connectivity index (χ3v) is 5.82. The van der Waals surface area contributed by atoms with Crippen molar-refractivity contribution in [3.63, 3.8) is 0 Å². The van der Waals surface area contributed by atoms with Crippen LogP contribution < -0.4 is 0 Å². The van der Waals surface area contributed by atoms with Gasteiger partial charge in [-0.25, -0.2) is 4.98 Å². The summed E-state index contributed by atoms with van der Waals surface area (Å²) in [5, 5.41) is 24.4. The maximum absolute atomic E-state index is 12.3. The molecule has 0 aliphatic carbocycles. The Bertz CT molecular complexity index is 1210. The highest BCUT2D eigenvalue weighted by Gasteiger charge is 2.19. The highest BCUT2D eigenvalue weighted by molar-refractivity contribution is 7.15. The molecule has 0 aliphatic rings. The molecule has 0 atom stereocenters. The molecule has 0 unspecified atom stereocenters. The van der Waals surface area contributed by atoms with Crippen molar-refractivity contribution < 1.29 is 14.8 Å². The van der Waals surface area contributed by atoms with E-state index in [2.05, 4.69) is 4.98 Å². The lowest BCUT2D eigenvalue weighted by Crippen LogP contribution is -1.96. The number of thiophene rings is 1. The number of rotatable bonds is 6. The maximum Gasteiger partial charge on any atom is 0.275 e. The molecule has 0 saturated heterocycles. The number of thiazole rings is 1. The van der Waals surface area contributed by atoms with Crippen LogP contribution in [0.5, 0.6) is 0 Å². The van der Waals surface area contributed by atoms with Crippen molar-refractivity contribution in [2.45, 2.75) is 6.61 Å². The molecule has 0 radical (unpaired) electrons. The molecule has 28 heavy (non-hydrogen) atoms. The fraction of sp³-hybridized carbons (Fsp3) is 0.0526. The largest absolute Gasteiger partial charge is 0.391 e. The van der Waals surface area contributed by atoms with Gasteiger partial charge in [0.25, 0.3) is 5.69 Å². The van der Waals surface area contributed by atoms with Crippen LogP contribution in [0.4, 0.5) is 5.69 Å². The van der Waals surface area contributed by atoms with Gasteiger partial charge in [0.2, 0.25) is 0 Å². The van der Waals surface area contributed by atoms with Gasteiger partial charge in [0.1, 0.15) is 0 Å². The lowest BCUT2D eigenvalue weighted by molar-refractivity contribution is -0.385. The van der Waals surface area contributed by atoms with Crippen molar-refractivity contribution in [1.29, 1.82) is 0 Å². The van der Waals surface area contributed by atoms with E-state index >= 15 is 0 Å². The molecule has 0 aliphatic heterocycles. The van der Waals surface area contributed by atoms with Crippen LogP contribution in [0.25, 0.3) is 22.3 Å². The highest BCUT2D eigenvalue weighted by atomic mass is 32.1. The van der Waals surface area contributed by atoms with E-state index in [1.807, 2.05) is 27.4 Å². The Morgan fingerprint density at radius 3 is 2.86 bits per heavy atom. The van der Waals surface area contributed by atoms with E-state index in [4.69, 9.17) is 0 Å². The second-order valence-corrected chi connectivity index (χ2v) is 7.66. The van der Waals surface area contributed by atoms with E-state index in [0.29, 0.717) is 26.8 Å². The van der Waals surface area contributed by atoms with Crippen LogP contribution in [0.15, 0.2) is 53.4 Å². The molecule has 3 aromatic heterocycles. The van der Waals surface area contributed by atoms with Gasteiger partial charge in [0, 0.05) is 23.2 Å². The van der Waals surface area contributed by atoms with Crippen LogP contribution in [-0.2, 0) is 6.61 Å². The zero-order valence-corrected chi connectivity index (χ0v) is 15.9. The SMILES string of the molecule is O=C(/C=C/c1c(-c2ccc(CO)c([N+](=O)[O-])c2)nc2sccn12)c1cccs1. The second-order valence-electron chi connectivity index (χ2n) is 5.83. The lowest BCUT2D eigenvalue weighted by Gasteiger charge is -2.04. The van der Waals surface area contributed by atoms with Crippen molar-refractivity contribution in [3.8, 4) is 11.3 Å². The first-order chi connectivity index (χ1) is 13.6. The van der Waals surface area contributed by atoms with Gasteiger partial charge in [-0.1, -0.05) is 12.1 Å². The molecular formula is C19H13N3O4S2. The topological polar surface area (TPSA) is 97.7 Å². The quantitative estimate of drug-likeness (QED) is 0.219. The van der Waals surface area contributed by atoms with E-state index < -0.39 is 11.5 Å². The minimum atomic E-state index is -0.524. The van der Waals surface area contributed by atoms with E-state index in [1.165, 1.54) is 40.9 Å². The Kier molecular flexibility index (Phi) is 4.86. The van der Waals surface area contributed by atoms with Crippen molar-refractivity contribution in [2.75, 3.05) is 0 Å². The summed E-state index contributed by atoms with van der Waals surface area (Å²) in [6.07, 6.45) is 4.99. The van der Waals surface area contributed by atoms with Crippen LogP contribution in [0.3, 0.4) is 0 Å². The number of nitro benzene ring substituents is 1. The lowest BCUT2D eigenvalue weighted by atomic mass is 10.1. The van der Waals surface area contributed by atoms with Gasteiger partial charge in [0.15, 0.2) is 10.7 Å². The average molecular weight is 411 g/mol. The van der Waals surface area contributed by atoms with Gasteiger partial charge in [-0.3, -0.25) is 19.3 Å². The van der Waals surface area contributed by atoms with E-state index in [-0.39, 0.29) is 17.0 Å². The van der Waals surface area contributed by atoms with Crippen LogP contribution in [0, 0.1) is 10.1 Å². The van der Waals surface area contributed by atoms with Gasteiger partial charge in [0.05, 0.1) is 33.4 Å². The number of aliphatic hydroxyl groups is 1. The third kappa shape index (κ3) is 3.26. The Morgan fingerprint density at radius 1 is 1.29 bits per heavy atom. The normalized spacial score (nSPS) is 11.5. The summed E-state index contributed by atoms with van der Waals surface area (Å²) in [4.78, 5) is 29.1. The first kappa shape index (κ1) is 18.2. The number of imidazole rings is 1. The molecule has 4 aromatic rings. The molecule has 3 heterocycles. The van der Waals surface area contributed by atoms with Gasteiger partial charge in [-0.15, -0.1) is 22.7 Å². The fourth-order valence-electron chi connectivity index (χ4n) is 2.85. The van der Waals surface area contributed by atoms with Crippen molar-refractivity contribution in [1.82, 2.24) is 9.38 Å². The van der Waals surface area contributed by atoms with Gasteiger partial charge in [-0.05, 0) is 29.7 Å². The van der Waals surface area contributed by atoms with Gasteiger partial charge >= 0.3 is 0 Å². The van der Waals surface area contributed by atoms with Crippen molar-refractivity contribution in [2.24, 2.45) is 0 Å². The number of fused-ring (bicyclic) bond motifs is 1. The second kappa shape index (κ2) is 7.47. The van der Waals surface area contributed by atoms with E-state index in [9.17, 15) is 20.0 Å². The Morgan fingerprint density at radius 2 is 2.14 bits per heavy atom. The maximum atomic E-state index is 12.3. The molecule has 9 heteroatoms. The highest BCUT2D eigenvalue weighted by Crippen LogP contribution is 2.31. The van der Waals surface area contributed by atoms with Gasteiger partial charge < -0.3 is 5.11 Å². The van der Waals surface area contributed by atoms with Crippen LogP contribution in [-0.4, -0.2) is 25.2 Å². The number of aliphatic hydroxyl groups excluding tert-OH is 1. The molecular weight excluding hydrogens is 398 g/mol. The fourth-order valence-corrected chi connectivity index (χ4v) is 4.21. The molecule has 140 valence electrons. The van der Waals surface area contributed by atoms with Crippen LogP contribution in [0.2, 0.25) is 0 Å².